The summed E-state index contributed by atoms with van der Waals surface area (Å²) < 4.78 is 5.42. The van der Waals surface area contributed by atoms with E-state index >= 15 is 0 Å². The lowest BCUT2D eigenvalue weighted by Gasteiger charge is -2.21. The molecule has 0 aromatic carbocycles. The molecule has 3 rings (SSSR count). The molecule has 1 aliphatic carbocycles. The lowest BCUT2D eigenvalue weighted by molar-refractivity contribution is 0.502. The van der Waals surface area contributed by atoms with Gasteiger partial charge in [0.25, 0.3) is 0 Å². The van der Waals surface area contributed by atoms with Gasteiger partial charge in [-0.05, 0) is 44.0 Å². The van der Waals surface area contributed by atoms with Crippen molar-refractivity contribution in [1.82, 2.24) is 10.3 Å². The summed E-state index contributed by atoms with van der Waals surface area (Å²) in [6, 6.07) is 8.43. The summed E-state index contributed by atoms with van der Waals surface area (Å²) in [6.07, 6.45) is 4.22. The van der Waals surface area contributed by atoms with Gasteiger partial charge in [0, 0.05) is 19.1 Å². The van der Waals surface area contributed by atoms with Crippen LogP contribution in [0.2, 0.25) is 5.02 Å². The number of anilines is 1. The summed E-state index contributed by atoms with van der Waals surface area (Å²) in [5.74, 6) is 1.87. The van der Waals surface area contributed by atoms with E-state index in [9.17, 15) is 0 Å². The van der Waals surface area contributed by atoms with E-state index < -0.39 is 0 Å². The quantitative estimate of drug-likeness (QED) is 0.848. The van der Waals surface area contributed by atoms with Crippen molar-refractivity contribution in [2.24, 2.45) is 0 Å². The maximum Gasteiger partial charge on any atom is 0.129 e. The van der Waals surface area contributed by atoms with Crippen LogP contribution in [-0.2, 0) is 13.1 Å². The van der Waals surface area contributed by atoms with Crippen LogP contribution in [0, 0.1) is 0 Å². The highest BCUT2D eigenvalue weighted by atomic mass is 35.5. The minimum absolute atomic E-state index is 0.650. The molecule has 0 atom stereocenters. The van der Waals surface area contributed by atoms with E-state index in [0.29, 0.717) is 12.6 Å². The van der Waals surface area contributed by atoms with E-state index in [1.54, 1.807) is 6.26 Å². The highest BCUT2D eigenvalue weighted by molar-refractivity contribution is 6.31. The summed E-state index contributed by atoms with van der Waals surface area (Å²) in [6.45, 7) is 4.43. The Bertz CT molecular complexity index is 581. The maximum absolute atomic E-state index is 6.25. The first-order valence-electron chi connectivity index (χ1n) is 7.42. The average Bonchev–Trinajstić information content (AvgIpc) is 3.19. The number of nitrogens with one attached hydrogen (secondary N) is 1. The predicted molar refractivity (Wildman–Crippen MR) is 84.5 cm³/mol. The molecule has 1 N–H and O–H groups in total. The number of hydrogen-bond donors (Lipinski definition) is 1. The van der Waals surface area contributed by atoms with Crippen molar-refractivity contribution in [1.29, 1.82) is 0 Å². The molecule has 0 aliphatic heterocycles. The second-order valence-corrected chi connectivity index (χ2v) is 5.75. The normalized spacial score (nSPS) is 14.4. The molecule has 0 spiro atoms. The van der Waals surface area contributed by atoms with Crippen LogP contribution in [0.5, 0.6) is 0 Å². The van der Waals surface area contributed by atoms with Crippen molar-refractivity contribution in [3.63, 3.8) is 0 Å². The van der Waals surface area contributed by atoms with Gasteiger partial charge in [-0.2, -0.15) is 0 Å². The molecular formula is C16H20ClN3O. The van der Waals surface area contributed by atoms with Gasteiger partial charge in [-0.15, -0.1) is 0 Å². The van der Waals surface area contributed by atoms with E-state index in [0.717, 1.165) is 35.4 Å². The number of hydrogen-bond acceptors (Lipinski definition) is 4. The molecule has 0 amide bonds. The van der Waals surface area contributed by atoms with E-state index in [-0.39, 0.29) is 0 Å². The summed E-state index contributed by atoms with van der Waals surface area (Å²) in [5.41, 5.74) is 0.916. The molecule has 1 aliphatic rings. The molecule has 2 heterocycles. The van der Waals surface area contributed by atoms with Gasteiger partial charge in [0.1, 0.15) is 11.6 Å². The fourth-order valence-corrected chi connectivity index (χ4v) is 2.42. The van der Waals surface area contributed by atoms with Crippen LogP contribution < -0.4 is 10.2 Å². The average molecular weight is 306 g/mol. The molecule has 0 bridgehead atoms. The third-order valence-electron chi connectivity index (χ3n) is 3.67. The first-order valence-corrected chi connectivity index (χ1v) is 7.80. The number of rotatable bonds is 7. The number of furan rings is 1. The highest BCUT2D eigenvalue weighted by Gasteiger charge is 2.21. The Labute approximate surface area is 130 Å². The second kappa shape index (κ2) is 6.50. The van der Waals surface area contributed by atoms with E-state index in [1.807, 2.05) is 24.3 Å². The largest absolute Gasteiger partial charge is 0.467 e. The number of aromatic nitrogens is 1. The minimum Gasteiger partial charge on any atom is -0.467 e. The smallest absolute Gasteiger partial charge is 0.129 e. The highest BCUT2D eigenvalue weighted by Crippen LogP contribution is 2.23. The van der Waals surface area contributed by atoms with Gasteiger partial charge in [-0.25, -0.2) is 4.98 Å². The SMILES string of the molecule is CCN(Cc1ccco1)c1ccc(Cl)c(CNC2CC2)n1. The summed E-state index contributed by atoms with van der Waals surface area (Å²) in [4.78, 5) is 6.89. The van der Waals surface area contributed by atoms with E-state index in [4.69, 9.17) is 21.0 Å². The zero-order valence-electron chi connectivity index (χ0n) is 12.2. The second-order valence-electron chi connectivity index (χ2n) is 5.35. The van der Waals surface area contributed by atoms with Crippen LogP contribution in [0.15, 0.2) is 34.9 Å². The Morgan fingerprint density at radius 2 is 2.24 bits per heavy atom. The van der Waals surface area contributed by atoms with Crippen molar-refractivity contribution < 1.29 is 4.42 Å². The molecule has 2 aromatic heterocycles. The fraction of sp³-hybridized carbons (Fsp3) is 0.438. The Morgan fingerprint density at radius 1 is 1.38 bits per heavy atom. The Morgan fingerprint density at radius 3 is 2.90 bits per heavy atom. The molecule has 4 nitrogen and oxygen atoms in total. The third kappa shape index (κ3) is 3.77. The molecule has 2 aromatic rings. The monoisotopic (exact) mass is 305 g/mol. The van der Waals surface area contributed by atoms with Crippen LogP contribution in [0.25, 0.3) is 0 Å². The zero-order valence-corrected chi connectivity index (χ0v) is 12.9. The van der Waals surface area contributed by atoms with Crippen LogP contribution in [0.3, 0.4) is 0 Å². The Balaban J connectivity index is 1.73. The molecule has 112 valence electrons. The van der Waals surface area contributed by atoms with Crippen molar-refractivity contribution in [3.8, 4) is 0 Å². The van der Waals surface area contributed by atoms with Gasteiger partial charge in [-0.1, -0.05) is 11.6 Å². The molecular weight excluding hydrogens is 286 g/mol. The third-order valence-corrected chi connectivity index (χ3v) is 4.02. The maximum atomic E-state index is 6.25. The van der Waals surface area contributed by atoms with Crippen molar-refractivity contribution in [2.45, 2.75) is 38.9 Å². The Kier molecular flexibility index (Phi) is 4.46. The van der Waals surface area contributed by atoms with E-state index in [2.05, 4.69) is 17.1 Å². The minimum atomic E-state index is 0.650. The molecule has 21 heavy (non-hydrogen) atoms. The number of pyridine rings is 1. The molecule has 1 fully saturated rings. The van der Waals surface area contributed by atoms with Gasteiger partial charge in [0.2, 0.25) is 0 Å². The first-order chi connectivity index (χ1) is 10.3. The van der Waals surface area contributed by atoms with Crippen molar-refractivity contribution >= 4 is 17.4 Å². The number of halogens is 1. The lowest BCUT2D eigenvalue weighted by atomic mass is 10.3. The van der Waals surface area contributed by atoms with Crippen molar-refractivity contribution in [3.05, 3.63) is 47.0 Å². The fourth-order valence-electron chi connectivity index (χ4n) is 2.25. The van der Waals surface area contributed by atoms with Gasteiger partial charge in [-0.3, -0.25) is 0 Å². The van der Waals surface area contributed by atoms with Gasteiger partial charge >= 0.3 is 0 Å². The summed E-state index contributed by atoms with van der Waals surface area (Å²) in [5, 5.41) is 4.18. The zero-order chi connectivity index (χ0) is 14.7. The molecule has 0 radical (unpaired) electrons. The number of nitrogens with zero attached hydrogens (tertiary/aromatic N) is 2. The molecule has 0 saturated heterocycles. The van der Waals surface area contributed by atoms with Crippen LogP contribution in [0.4, 0.5) is 5.82 Å². The van der Waals surface area contributed by atoms with E-state index in [1.165, 1.54) is 12.8 Å². The van der Waals surface area contributed by atoms with Crippen LogP contribution in [0.1, 0.15) is 31.2 Å². The Hall–Kier alpha value is -1.52. The van der Waals surface area contributed by atoms with Gasteiger partial charge in [0.15, 0.2) is 0 Å². The van der Waals surface area contributed by atoms with Crippen LogP contribution >= 0.6 is 11.6 Å². The summed E-state index contributed by atoms with van der Waals surface area (Å²) in [7, 11) is 0. The van der Waals surface area contributed by atoms with Crippen LogP contribution in [-0.4, -0.2) is 17.6 Å². The predicted octanol–water partition coefficient (Wildman–Crippen LogP) is 3.61. The van der Waals surface area contributed by atoms with Gasteiger partial charge in [0.05, 0.1) is 23.5 Å². The van der Waals surface area contributed by atoms with Gasteiger partial charge < -0.3 is 14.6 Å². The topological polar surface area (TPSA) is 41.3 Å². The molecule has 5 heteroatoms. The summed E-state index contributed by atoms with van der Waals surface area (Å²) >= 11 is 6.25. The standard InChI is InChI=1S/C16H20ClN3O/c1-2-20(11-13-4-3-9-21-13)16-8-7-14(17)15(19-16)10-18-12-5-6-12/h3-4,7-9,12,18H,2,5-6,10-11H2,1H3. The van der Waals surface area contributed by atoms with Crippen molar-refractivity contribution in [2.75, 3.05) is 11.4 Å². The molecule has 1 saturated carbocycles. The first kappa shape index (κ1) is 14.4. The molecule has 0 unspecified atom stereocenters. The lowest BCUT2D eigenvalue weighted by Crippen LogP contribution is -2.24.